The van der Waals surface area contributed by atoms with Crippen LogP contribution in [0.5, 0.6) is 0 Å². The van der Waals surface area contributed by atoms with Gasteiger partial charge in [-0.3, -0.25) is 9.59 Å². The molecule has 0 atom stereocenters. The predicted octanol–water partition coefficient (Wildman–Crippen LogP) is 2.50. The first-order valence-electron chi connectivity index (χ1n) is 7.46. The van der Waals surface area contributed by atoms with Crippen LogP contribution < -0.4 is 5.32 Å². The molecule has 0 aliphatic rings. The molecule has 1 N–H and O–H groups in total. The van der Waals surface area contributed by atoms with Gasteiger partial charge in [0.25, 0.3) is 0 Å². The Morgan fingerprint density at radius 1 is 0.895 bits per heavy atom. The molecule has 0 unspecified atom stereocenters. The Kier molecular flexibility index (Phi) is 13.2. The largest absolute Gasteiger partial charge is 0.381 e. The van der Waals surface area contributed by atoms with Crippen molar-refractivity contribution >= 4 is 11.6 Å². The Balaban J connectivity index is 3.38. The molecule has 0 amide bonds. The summed E-state index contributed by atoms with van der Waals surface area (Å²) >= 11 is 0. The highest BCUT2D eigenvalue weighted by atomic mass is 16.5. The molecule has 0 rings (SSSR count). The number of carbonyl (C=O) groups excluding carboxylic acids is 2. The second kappa shape index (κ2) is 13.7. The summed E-state index contributed by atoms with van der Waals surface area (Å²) in [4.78, 5) is 23.1. The molecule has 0 aromatic heterocycles. The summed E-state index contributed by atoms with van der Waals surface area (Å²) in [5.74, 6) is 0.398. The minimum Gasteiger partial charge on any atom is -0.381 e. The normalized spacial score (nSPS) is 10.6. The predicted molar refractivity (Wildman–Crippen MR) is 77.4 cm³/mol. The van der Waals surface area contributed by atoms with Gasteiger partial charge in [-0.25, -0.2) is 0 Å². The first-order chi connectivity index (χ1) is 9.20. The molecule has 0 bridgehead atoms. The third-order valence-electron chi connectivity index (χ3n) is 2.91. The van der Waals surface area contributed by atoms with Gasteiger partial charge >= 0.3 is 0 Å². The molecule has 4 nitrogen and oxygen atoms in total. The van der Waals surface area contributed by atoms with E-state index in [-0.39, 0.29) is 11.6 Å². The summed E-state index contributed by atoms with van der Waals surface area (Å²) in [7, 11) is 1.91. The smallest absolute Gasteiger partial charge is 0.133 e. The van der Waals surface area contributed by atoms with Crippen molar-refractivity contribution in [2.75, 3.05) is 26.8 Å². The molecule has 0 radical (unpaired) electrons. The minimum atomic E-state index is 0.184. The number of Topliss-reactive ketones (excluding diaryl/α,β-unsaturated/α-hetero) is 2. The molecular weight excluding hydrogens is 242 g/mol. The van der Waals surface area contributed by atoms with Gasteiger partial charge in [-0.1, -0.05) is 6.92 Å². The van der Waals surface area contributed by atoms with Crippen LogP contribution in [-0.2, 0) is 14.3 Å². The van der Waals surface area contributed by atoms with E-state index in [1.807, 2.05) is 7.05 Å². The molecule has 0 aromatic rings. The van der Waals surface area contributed by atoms with Crippen LogP contribution in [0.2, 0.25) is 0 Å². The zero-order chi connectivity index (χ0) is 14.3. The molecule has 19 heavy (non-hydrogen) atoms. The van der Waals surface area contributed by atoms with Gasteiger partial charge in [-0.05, 0) is 39.3 Å². The number of carbonyl (C=O) groups is 2. The SMILES string of the molecule is CCCOCCCC(=O)CCC(=O)CCCCNC. The van der Waals surface area contributed by atoms with Crippen molar-refractivity contribution in [3.05, 3.63) is 0 Å². The Hall–Kier alpha value is -0.740. The Bertz CT molecular complexity index is 242. The van der Waals surface area contributed by atoms with E-state index in [1.54, 1.807) is 0 Å². The van der Waals surface area contributed by atoms with Gasteiger partial charge in [-0.15, -0.1) is 0 Å². The molecule has 0 saturated heterocycles. The van der Waals surface area contributed by atoms with Gasteiger partial charge in [0, 0.05) is 38.9 Å². The highest BCUT2D eigenvalue weighted by Gasteiger charge is 2.07. The number of hydrogen-bond donors (Lipinski definition) is 1. The standard InChI is InChI=1S/C15H29NO3/c1-3-12-19-13-6-8-15(18)10-9-14(17)7-4-5-11-16-2/h16H,3-13H2,1-2H3. The average Bonchev–Trinajstić information content (AvgIpc) is 2.41. The lowest BCUT2D eigenvalue weighted by molar-refractivity contribution is -0.124. The Labute approximate surface area is 117 Å². The van der Waals surface area contributed by atoms with Crippen LogP contribution in [0, 0.1) is 0 Å². The second-order valence-electron chi connectivity index (χ2n) is 4.85. The monoisotopic (exact) mass is 271 g/mol. The molecule has 0 heterocycles. The number of unbranched alkanes of at least 4 members (excludes halogenated alkanes) is 1. The van der Waals surface area contributed by atoms with Gasteiger partial charge in [0.1, 0.15) is 11.6 Å². The topological polar surface area (TPSA) is 55.4 Å². The number of rotatable bonds is 14. The quantitative estimate of drug-likeness (QED) is 0.493. The summed E-state index contributed by atoms with van der Waals surface area (Å²) in [5.41, 5.74) is 0. The summed E-state index contributed by atoms with van der Waals surface area (Å²) in [6.45, 7) is 4.42. The van der Waals surface area contributed by atoms with E-state index in [0.717, 1.165) is 38.8 Å². The van der Waals surface area contributed by atoms with E-state index in [2.05, 4.69) is 12.2 Å². The van der Waals surface area contributed by atoms with Gasteiger partial charge in [0.2, 0.25) is 0 Å². The van der Waals surface area contributed by atoms with E-state index < -0.39 is 0 Å². The average molecular weight is 271 g/mol. The van der Waals surface area contributed by atoms with E-state index in [4.69, 9.17) is 4.74 Å². The van der Waals surface area contributed by atoms with Crippen molar-refractivity contribution in [2.45, 2.75) is 58.3 Å². The summed E-state index contributed by atoms with van der Waals surface area (Å²) in [6.07, 6.45) is 5.67. The maximum Gasteiger partial charge on any atom is 0.133 e. The van der Waals surface area contributed by atoms with Gasteiger partial charge in [0.05, 0.1) is 0 Å². The fraction of sp³-hybridized carbons (Fsp3) is 0.867. The number of ether oxygens (including phenoxy) is 1. The van der Waals surface area contributed by atoms with Crippen LogP contribution in [0.25, 0.3) is 0 Å². The molecule has 0 saturated carbocycles. The molecule has 112 valence electrons. The molecular formula is C15H29NO3. The van der Waals surface area contributed by atoms with Crippen molar-refractivity contribution in [1.29, 1.82) is 0 Å². The number of ketones is 2. The zero-order valence-corrected chi connectivity index (χ0v) is 12.5. The van der Waals surface area contributed by atoms with E-state index in [0.29, 0.717) is 32.3 Å². The fourth-order valence-electron chi connectivity index (χ4n) is 1.77. The lowest BCUT2D eigenvalue weighted by atomic mass is 10.1. The third kappa shape index (κ3) is 13.5. The first kappa shape index (κ1) is 18.3. The molecule has 0 spiro atoms. The van der Waals surface area contributed by atoms with Crippen molar-refractivity contribution in [3.63, 3.8) is 0 Å². The number of nitrogens with one attached hydrogen (secondary N) is 1. The van der Waals surface area contributed by atoms with Crippen molar-refractivity contribution in [3.8, 4) is 0 Å². The Morgan fingerprint density at radius 3 is 2.11 bits per heavy atom. The Morgan fingerprint density at radius 2 is 1.53 bits per heavy atom. The van der Waals surface area contributed by atoms with Gasteiger partial charge in [0.15, 0.2) is 0 Å². The lowest BCUT2D eigenvalue weighted by Crippen LogP contribution is -2.09. The van der Waals surface area contributed by atoms with Crippen LogP contribution in [0.4, 0.5) is 0 Å². The fourth-order valence-corrected chi connectivity index (χ4v) is 1.77. The third-order valence-corrected chi connectivity index (χ3v) is 2.91. The van der Waals surface area contributed by atoms with Crippen LogP contribution >= 0.6 is 0 Å². The van der Waals surface area contributed by atoms with E-state index in [9.17, 15) is 9.59 Å². The zero-order valence-electron chi connectivity index (χ0n) is 12.5. The summed E-state index contributed by atoms with van der Waals surface area (Å²) in [5, 5.41) is 3.05. The second-order valence-corrected chi connectivity index (χ2v) is 4.85. The first-order valence-corrected chi connectivity index (χ1v) is 7.46. The van der Waals surface area contributed by atoms with Crippen molar-refractivity contribution in [1.82, 2.24) is 5.32 Å². The molecule has 0 aromatic carbocycles. The van der Waals surface area contributed by atoms with Crippen LogP contribution in [-0.4, -0.2) is 38.4 Å². The highest BCUT2D eigenvalue weighted by molar-refractivity contribution is 5.85. The van der Waals surface area contributed by atoms with Crippen LogP contribution in [0.15, 0.2) is 0 Å². The maximum absolute atomic E-state index is 11.5. The van der Waals surface area contributed by atoms with Crippen LogP contribution in [0.3, 0.4) is 0 Å². The summed E-state index contributed by atoms with van der Waals surface area (Å²) < 4.78 is 5.31. The van der Waals surface area contributed by atoms with E-state index in [1.165, 1.54) is 0 Å². The van der Waals surface area contributed by atoms with Crippen LogP contribution in [0.1, 0.15) is 58.3 Å². The number of hydrogen-bond acceptors (Lipinski definition) is 4. The molecule has 0 aliphatic heterocycles. The van der Waals surface area contributed by atoms with Gasteiger partial charge < -0.3 is 10.1 Å². The molecule has 0 fully saturated rings. The van der Waals surface area contributed by atoms with E-state index >= 15 is 0 Å². The van der Waals surface area contributed by atoms with Crippen molar-refractivity contribution < 1.29 is 14.3 Å². The highest BCUT2D eigenvalue weighted by Crippen LogP contribution is 2.04. The lowest BCUT2D eigenvalue weighted by Gasteiger charge is -2.03. The minimum absolute atomic E-state index is 0.184. The molecule has 4 heteroatoms. The van der Waals surface area contributed by atoms with Gasteiger partial charge in [-0.2, -0.15) is 0 Å². The summed E-state index contributed by atoms with van der Waals surface area (Å²) in [6, 6.07) is 0. The molecule has 0 aliphatic carbocycles. The van der Waals surface area contributed by atoms with Crippen molar-refractivity contribution in [2.24, 2.45) is 0 Å². The maximum atomic E-state index is 11.5.